The number of rotatable bonds is 2. The molecule has 3 rings (SSSR count). The van der Waals surface area contributed by atoms with Crippen molar-refractivity contribution in [3.8, 4) is 11.3 Å². The molecule has 3 nitrogen and oxygen atoms in total. The number of imidazole rings is 1. The molecule has 0 aliphatic heterocycles. The van der Waals surface area contributed by atoms with Crippen LogP contribution in [0.15, 0.2) is 48.8 Å². The molecule has 0 aliphatic carbocycles. The number of benzene rings is 1. The molecule has 0 bridgehead atoms. The lowest BCUT2D eigenvalue weighted by Gasteiger charge is -2.05. The molecule has 0 spiro atoms. The summed E-state index contributed by atoms with van der Waals surface area (Å²) in [6.07, 6.45) is 3.43. The van der Waals surface area contributed by atoms with Gasteiger partial charge in [0.25, 0.3) is 0 Å². The van der Waals surface area contributed by atoms with Gasteiger partial charge in [0.1, 0.15) is 5.65 Å². The average molecular weight is 252 g/mol. The standard InChI is InChI=1S/C16H16N2O/c1-11-5-7-13(8-6-11)15-10-18-9-3-4-14(12(2)19)16(18)17-15/h3-10,12,19H,1-2H3. The summed E-state index contributed by atoms with van der Waals surface area (Å²) in [4.78, 5) is 4.64. The number of aliphatic hydroxyl groups excluding tert-OH is 1. The van der Waals surface area contributed by atoms with Gasteiger partial charge in [0.05, 0.1) is 11.8 Å². The Kier molecular flexibility index (Phi) is 2.84. The Balaban J connectivity index is 2.16. The number of hydrogen-bond donors (Lipinski definition) is 1. The lowest BCUT2D eigenvalue weighted by Crippen LogP contribution is -1.95. The predicted octanol–water partition coefficient (Wildman–Crippen LogP) is 3.36. The molecule has 1 aromatic carbocycles. The van der Waals surface area contributed by atoms with Crippen molar-refractivity contribution >= 4 is 5.65 Å². The molecule has 3 heteroatoms. The number of aromatic nitrogens is 2. The quantitative estimate of drug-likeness (QED) is 0.759. The molecular formula is C16H16N2O. The van der Waals surface area contributed by atoms with Crippen LogP contribution in [0.25, 0.3) is 16.9 Å². The van der Waals surface area contributed by atoms with E-state index in [1.165, 1.54) is 5.56 Å². The third-order valence-electron chi connectivity index (χ3n) is 3.31. The van der Waals surface area contributed by atoms with E-state index in [0.717, 1.165) is 22.5 Å². The molecule has 96 valence electrons. The Bertz CT molecular complexity index is 711. The third kappa shape index (κ3) is 2.13. The summed E-state index contributed by atoms with van der Waals surface area (Å²) >= 11 is 0. The van der Waals surface area contributed by atoms with Crippen LogP contribution in [0, 0.1) is 6.92 Å². The van der Waals surface area contributed by atoms with E-state index >= 15 is 0 Å². The molecule has 2 heterocycles. The van der Waals surface area contributed by atoms with Crippen LogP contribution in [0.5, 0.6) is 0 Å². The van der Waals surface area contributed by atoms with Gasteiger partial charge in [-0.15, -0.1) is 0 Å². The van der Waals surface area contributed by atoms with Crippen molar-refractivity contribution in [3.63, 3.8) is 0 Å². The van der Waals surface area contributed by atoms with Crippen LogP contribution in [0.1, 0.15) is 24.2 Å². The average Bonchev–Trinajstić information content (AvgIpc) is 2.82. The fraction of sp³-hybridized carbons (Fsp3) is 0.188. The highest BCUT2D eigenvalue weighted by molar-refractivity contribution is 5.64. The Labute approximate surface area is 112 Å². The topological polar surface area (TPSA) is 37.5 Å². The van der Waals surface area contributed by atoms with E-state index in [2.05, 4.69) is 36.2 Å². The smallest absolute Gasteiger partial charge is 0.143 e. The predicted molar refractivity (Wildman–Crippen MR) is 76.0 cm³/mol. The first kappa shape index (κ1) is 11.9. The maximum absolute atomic E-state index is 9.78. The van der Waals surface area contributed by atoms with E-state index < -0.39 is 6.10 Å². The minimum Gasteiger partial charge on any atom is -0.389 e. The largest absolute Gasteiger partial charge is 0.389 e. The number of fused-ring (bicyclic) bond motifs is 1. The lowest BCUT2D eigenvalue weighted by molar-refractivity contribution is 0.200. The summed E-state index contributed by atoms with van der Waals surface area (Å²) in [6.45, 7) is 3.83. The summed E-state index contributed by atoms with van der Waals surface area (Å²) in [5.74, 6) is 0. The summed E-state index contributed by atoms with van der Waals surface area (Å²) < 4.78 is 1.96. The molecule has 0 amide bonds. The van der Waals surface area contributed by atoms with Gasteiger partial charge in [-0.25, -0.2) is 4.98 Å². The highest BCUT2D eigenvalue weighted by atomic mass is 16.3. The van der Waals surface area contributed by atoms with Crippen molar-refractivity contribution in [2.45, 2.75) is 20.0 Å². The minimum atomic E-state index is -0.517. The first-order valence-corrected chi connectivity index (χ1v) is 6.38. The van der Waals surface area contributed by atoms with E-state index in [0.29, 0.717) is 0 Å². The molecule has 2 aromatic heterocycles. The first-order chi connectivity index (χ1) is 9.15. The second kappa shape index (κ2) is 4.52. The number of pyridine rings is 1. The van der Waals surface area contributed by atoms with E-state index in [4.69, 9.17) is 0 Å². The van der Waals surface area contributed by atoms with E-state index in [1.807, 2.05) is 28.9 Å². The van der Waals surface area contributed by atoms with Crippen LogP contribution < -0.4 is 0 Å². The Morgan fingerprint density at radius 3 is 2.58 bits per heavy atom. The number of hydrogen-bond acceptors (Lipinski definition) is 2. The van der Waals surface area contributed by atoms with Crippen molar-refractivity contribution in [1.82, 2.24) is 9.38 Å². The van der Waals surface area contributed by atoms with E-state index in [-0.39, 0.29) is 0 Å². The monoisotopic (exact) mass is 252 g/mol. The Morgan fingerprint density at radius 2 is 1.89 bits per heavy atom. The van der Waals surface area contributed by atoms with Gasteiger partial charge in [-0.1, -0.05) is 35.9 Å². The number of aryl methyl sites for hydroxylation is 1. The minimum absolute atomic E-state index is 0.517. The molecule has 19 heavy (non-hydrogen) atoms. The normalized spacial score (nSPS) is 12.8. The molecular weight excluding hydrogens is 236 g/mol. The van der Waals surface area contributed by atoms with Crippen molar-refractivity contribution in [2.24, 2.45) is 0 Å². The zero-order valence-electron chi connectivity index (χ0n) is 11.0. The van der Waals surface area contributed by atoms with Crippen LogP contribution in [0.2, 0.25) is 0 Å². The second-order valence-electron chi connectivity index (χ2n) is 4.86. The highest BCUT2D eigenvalue weighted by Gasteiger charge is 2.10. The van der Waals surface area contributed by atoms with Crippen LogP contribution in [-0.4, -0.2) is 14.5 Å². The Morgan fingerprint density at radius 1 is 1.16 bits per heavy atom. The fourth-order valence-corrected chi connectivity index (χ4v) is 2.22. The lowest BCUT2D eigenvalue weighted by atomic mass is 10.1. The molecule has 0 saturated carbocycles. The molecule has 3 aromatic rings. The highest BCUT2D eigenvalue weighted by Crippen LogP contribution is 2.23. The number of nitrogens with zero attached hydrogens (tertiary/aromatic N) is 2. The van der Waals surface area contributed by atoms with Gasteiger partial charge in [-0.3, -0.25) is 0 Å². The van der Waals surface area contributed by atoms with Gasteiger partial charge in [0, 0.05) is 23.5 Å². The van der Waals surface area contributed by atoms with Crippen LogP contribution in [0.4, 0.5) is 0 Å². The van der Waals surface area contributed by atoms with Crippen LogP contribution >= 0.6 is 0 Å². The maximum atomic E-state index is 9.78. The molecule has 0 fully saturated rings. The van der Waals surface area contributed by atoms with Crippen molar-refractivity contribution in [1.29, 1.82) is 0 Å². The van der Waals surface area contributed by atoms with Crippen molar-refractivity contribution in [2.75, 3.05) is 0 Å². The van der Waals surface area contributed by atoms with Crippen molar-refractivity contribution < 1.29 is 5.11 Å². The third-order valence-corrected chi connectivity index (χ3v) is 3.31. The van der Waals surface area contributed by atoms with Crippen molar-refractivity contribution in [3.05, 3.63) is 59.9 Å². The summed E-state index contributed by atoms with van der Waals surface area (Å²) in [7, 11) is 0. The van der Waals surface area contributed by atoms with E-state index in [1.54, 1.807) is 6.92 Å². The molecule has 0 radical (unpaired) electrons. The summed E-state index contributed by atoms with van der Waals surface area (Å²) in [6, 6.07) is 12.1. The van der Waals surface area contributed by atoms with Gasteiger partial charge in [-0.2, -0.15) is 0 Å². The maximum Gasteiger partial charge on any atom is 0.143 e. The van der Waals surface area contributed by atoms with E-state index in [9.17, 15) is 5.11 Å². The number of aliphatic hydroxyl groups is 1. The molecule has 1 N–H and O–H groups in total. The van der Waals surface area contributed by atoms with Gasteiger partial charge >= 0.3 is 0 Å². The van der Waals surface area contributed by atoms with Crippen LogP contribution in [0.3, 0.4) is 0 Å². The van der Waals surface area contributed by atoms with Gasteiger partial charge < -0.3 is 9.51 Å². The molecule has 0 aliphatic rings. The van der Waals surface area contributed by atoms with Gasteiger partial charge in [0.2, 0.25) is 0 Å². The second-order valence-corrected chi connectivity index (χ2v) is 4.86. The molecule has 1 unspecified atom stereocenters. The summed E-state index contributed by atoms with van der Waals surface area (Å²) in [5.41, 5.74) is 4.91. The van der Waals surface area contributed by atoms with Gasteiger partial charge in [-0.05, 0) is 19.9 Å². The zero-order chi connectivity index (χ0) is 13.4. The fourth-order valence-electron chi connectivity index (χ4n) is 2.22. The summed E-state index contributed by atoms with van der Waals surface area (Å²) in [5, 5.41) is 9.78. The Hall–Kier alpha value is -2.13. The van der Waals surface area contributed by atoms with Crippen LogP contribution in [-0.2, 0) is 0 Å². The zero-order valence-corrected chi connectivity index (χ0v) is 11.0. The van der Waals surface area contributed by atoms with Gasteiger partial charge in [0.15, 0.2) is 0 Å². The SMILES string of the molecule is Cc1ccc(-c2cn3cccc(C(C)O)c3n2)cc1. The first-order valence-electron chi connectivity index (χ1n) is 6.38. The molecule has 0 saturated heterocycles. The molecule has 1 atom stereocenters.